The summed E-state index contributed by atoms with van der Waals surface area (Å²) in [6.07, 6.45) is 1.91. The van der Waals surface area contributed by atoms with Crippen molar-refractivity contribution in [3.63, 3.8) is 0 Å². The van der Waals surface area contributed by atoms with E-state index in [0.717, 1.165) is 37.3 Å². The van der Waals surface area contributed by atoms with Crippen LogP contribution in [0.25, 0.3) is 28.3 Å². The molecule has 1 nitrogen and oxygen atoms in total. The second-order valence-electron chi connectivity index (χ2n) is 10.6. The van der Waals surface area contributed by atoms with Crippen molar-refractivity contribution in [1.29, 1.82) is 0 Å². The van der Waals surface area contributed by atoms with Gasteiger partial charge in [0.2, 0.25) is 0 Å². The minimum atomic E-state index is -4.64. The predicted octanol–water partition coefficient (Wildman–Crippen LogP) is 11.2. The monoisotopic (exact) mass is 710 g/mol. The number of fused-ring (bicyclic) bond motifs is 1. The smallest absolute Gasteiger partial charge is 0.429 e. The lowest BCUT2D eigenvalue weighted by Crippen LogP contribution is -2.25. The molecule has 1 aliphatic rings. The van der Waals surface area contributed by atoms with Gasteiger partial charge in [0.25, 0.3) is 0 Å². The fourth-order valence-electron chi connectivity index (χ4n) is 5.56. The van der Waals surface area contributed by atoms with Crippen LogP contribution < -0.4 is 4.74 Å². The molecule has 0 saturated carbocycles. The van der Waals surface area contributed by atoms with E-state index in [4.69, 9.17) is 0 Å². The molecule has 0 aliphatic heterocycles. The molecule has 1 aliphatic carbocycles. The lowest BCUT2D eigenvalue weighted by molar-refractivity contribution is -0.189. The number of hydrogen-bond acceptors (Lipinski definition) is 1. The van der Waals surface area contributed by atoms with E-state index in [9.17, 15) is 26.3 Å². The second kappa shape index (κ2) is 12.7. The molecular weight excluding hydrogens is 684 g/mol. The Morgan fingerprint density at radius 2 is 1.37 bits per heavy atom. The quantitative estimate of drug-likeness (QED) is 0.124. The molecule has 224 valence electrons. The molecule has 9 heteroatoms. The Balaban J connectivity index is 1.39. The molecule has 0 spiro atoms. The molecule has 4 aromatic carbocycles. The van der Waals surface area contributed by atoms with Crippen LogP contribution in [0.1, 0.15) is 48.4 Å². The van der Waals surface area contributed by atoms with Crippen LogP contribution in [0.5, 0.6) is 5.75 Å². The zero-order valence-electron chi connectivity index (χ0n) is 23.0. The molecule has 0 aromatic heterocycles. The summed E-state index contributed by atoms with van der Waals surface area (Å²) in [5, 5.41) is 0. The second-order valence-corrected chi connectivity index (χ2v) is 11.3. The summed E-state index contributed by atoms with van der Waals surface area (Å²) in [4.78, 5) is 0. The Labute approximate surface area is 258 Å². The summed E-state index contributed by atoms with van der Waals surface area (Å²) in [7, 11) is 0. The summed E-state index contributed by atoms with van der Waals surface area (Å²) < 4.78 is 109. The largest absolute Gasteiger partial charge is 0.432 e. The van der Waals surface area contributed by atoms with Gasteiger partial charge in [-0.15, -0.1) is 0 Å². The Bertz CT molecular complexity index is 1650. The third kappa shape index (κ3) is 6.61. The SMILES string of the molecule is CCCCC1Cc2ccc(-c3ccc(-c4cc(F)c(C(F)(F)Oc5cc(F)c(C=CI)c(F)c5)c(F)c4)c(F)c3)cc2C1. The Hall–Kier alpha value is -3.34. The van der Waals surface area contributed by atoms with Crippen LogP contribution in [0, 0.1) is 35.0 Å². The molecule has 1 unspecified atom stereocenters. The first-order valence-electron chi connectivity index (χ1n) is 13.7. The van der Waals surface area contributed by atoms with Crippen molar-refractivity contribution in [2.24, 2.45) is 5.92 Å². The van der Waals surface area contributed by atoms with Gasteiger partial charge in [0.15, 0.2) is 0 Å². The number of benzene rings is 4. The number of rotatable bonds is 9. The maximum absolute atomic E-state index is 15.3. The van der Waals surface area contributed by atoms with Crippen LogP contribution in [0.2, 0.25) is 0 Å². The van der Waals surface area contributed by atoms with E-state index in [1.54, 1.807) is 28.7 Å². The van der Waals surface area contributed by atoms with Crippen LogP contribution >= 0.6 is 22.6 Å². The van der Waals surface area contributed by atoms with Gasteiger partial charge in [0.1, 0.15) is 40.4 Å². The highest BCUT2D eigenvalue weighted by atomic mass is 127. The van der Waals surface area contributed by atoms with Gasteiger partial charge in [-0.3, -0.25) is 0 Å². The number of ether oxygens (including phenoxy) is 1. The third-order valence-electron chi connectivity index (χ3n) is 7.66. The van der Waals surface area contributed by atoms with E-state index in [0.29, 0.717) is 35.7 Å². The predicted molar refractivity (Wildman–Crippen MR) is 162 cm³/mol. The van der Waals surface area contributed by atoms with Crippen molar-refractivity contribution in [2.75, 3.05) is 0 Å². The average Bonchev–Trinajstić information content (AvgIpc) is 3.35. The Morgan fingerprint density at radius 1 is 0.767 bits per heavy atom. The minimum Gasteiger partial charge on any atom is -0.429 e. The van der Waals surface area contributed by atoms with Crippen molar-refractivity contribution in [3.05, 3.63) is 116 Å². The van der Waals surface area contributed by atoms with E-state index in [1.807, 2.05) is 18.2 Å². The first-order valence-corrected chi connectivity index (χ1v) is 15.0. The molecule has 0 amide bonds. The fraction of sp³-hybridized carbons (Fsp3) is 0.235. The highest BCUT2D eigenvalue weighted by molar-refractivity contribution is 14.1. The first-order chi connectivity index (χ1) is 20.5. The maximum Gasteiger partial charge on any atom is 0.432 e. The summed E-state index contributed by atoms with van der Waals surface area (Å²) in [6.45, 7) is 2.16. The molecule has 0 fully saturated rings. The van der Waals surface area contributed by atoms with Crippen LogP contribution in [-0.4, -0.2) is 0 Å². The number of halogens is 8. The molecular formula is C34H26F7IO. The van der Waals surface area contributed by atoms with Crippen molar-refractivity contribution >= 4 is 28.7 Å². The van der Waals surface area contributed by atoms with Crippen molar-refractivity contribution in [1.82, 2.24) is 0 Å². The van der Waals surface area contributed by atoms with Crippen LogP contribution in [0.15, 0.2) is 64.7 Å². The lowest BCUT2D eigenvalue weighted by Gasteiger charge is -2.20. The van der Waals surface area contributed by atoms with Gasteiger partial charge < -0.3 is 4.74 Å². The van der Waals surface area contributed by atoms with E-state index in [1.165, 1.54) is 33.8 Å². The van der Waals surface area contributed by atoms with Gasteiger partial charge in [-0.05, 0) is 81.4 Å². The van der Waals surface area contributed by atoms with Crippen molar-refractivity contribution in [3.8, 4) is 28.0 Å². The molecule has 5 rings (SSSR count). The molecule has 0 radical (unpaired) electrons. The maximum atomic E-state index is 15.3. The van der Waals surface area contributed by atoms with Crippen LogP contribution in [0.3, 0.4) is 0 Å². The molecule has 4 aromatic rings. The number of hydrogen-bond donors (Lipinski definition) is 0. The molecule has 1 atom stereocenters. The molecule has 0 bridgehead atoms. The summed E-state index contributed by atoms with van der Waals surface area (Å²) in [5.41, 5.74) is 1.11. The number of alkyl halides is 2. The van der Waals surface area contributed by atoms with Gasteiger partial charge >= 0.3 is 6.11 Å². The normalized spacial score (nSPS) is 14.9. The summed E-state index contributed by atoms with van der Waals surface area (Å²) >= 11 is 1.72. The van der Waals surface area contributed by atoms with Gasteiger partial charge in [0.05, 0.1) is 0 Å². The van der Waals surface area contributed by atoms with Gasteiger partial charge in [-0.2, -0.15) is 8.78 Å². The topological polar surface area (TPSA) is 9.23 Å². The molecule has 0 saturated heterocycles. The molecule has 43 heavy (non-hydrogen) atoms. The lowest BCUT2D eigenvalue weighted by atomic mass is 9.96. The van der Waals surface area contributed by atoms with Crippen LogP contribution in [0.4, 0.5) is 30.7 Å². The van der Waals surface area contributed by atoms with Crippen molar-refractivity contribution < 1.29 is 35.5 Å². The van der Waals surface area contributed by atoms with Crippen LogP contribution in [-0.2, 0) is 19.0 Å². The van der Waals surface area contributed by atoms with E-state index >= 15 is 4.39 Å². The average molecular weight is 710 g/mol. The van der Waals surface area contributed by atoms with Gasteiger partial charge in [0, 0.05) is 23.3 Å². The van der Waals surface area contributed by atoms with Gasteiger partial charge in [-0.1, -0.05) is 72.7 Å². The zero-order chi connectivity index (χ0) is 30.9. The van der Waals surface area contributed by atoms with E-state index in [-0.39, 0.29) is 11.1 Å². The van der Waals surface area contributed by atoms with Crippen molar-refractivity contribution in [2.45, 2.75) is 45.1 Å². The first kappa shape index (κ1) is 31.1. The number of unbranched alkanes of at least 4 members (excludes halogenated alkanes) is 1. The summed E-state index contributed by atoms with van der Waals surface area (Å²) in [6, 6.07) is 12.3. The molecule has 0 heterocycles. The van der Waals surface area contributed by atoms with Gasteiger partial charge in [-0.25, -0.2) is 22.0 Å². The minimum absolute atomic E-state index is 0.193. The molecule has 0 N–H and O–H groups in total. The summed E-state index contributed by atoms with van der Waals surface area (Å²) in [5.74, 6) is -7.01. The Morgan fingerprint density at radius 3 is 2.00 bits per heavy atom. The highest BCUT2D eigenvalue weighted by Gasteiger charge is 2.41. The Kier molecular flexibility index (Phi) is 9.20. The van der Waals surface area contributed by atoms with E-state index in [2.05, 4.69) is 11.7 Å². The highest BCUT2D eigenvalue weighted by Crippen LogP contribution is 2.39. The van der Waals surface area contributed by atoms with E-state index < -0.39 is 52.1 Å². The standard InChI is InChI=1S/C34H26F7IO/c1-2-3-4-19-11-20-5-6-21(13-23(20)12-19)22-7-8-26(28(35)14-22)24-15-31(38)33(32(39)16-24)34(40,41)43-25-17-29(36)27(9-10-42)30(37)18-25/h5-10,13-19H,2-4,11-12H2,1H3. The zero-order valence-corrected chi connectivity index (χ0v) is 25.1. The fourth-order valence-corrected chi connectivity index (χ4v) is 5.92. The third-order valence-corrected chi connectivity index (χ3v) is 8.02.